The van der Waals surface area contributed by atoms with Gasteiger partial charge in [-0.1, -0.05) is 26.0 Å². The number of aliphatic hydroxyl groups excluding tert-OH is 1. The number of carbonyl (C=O) groups is 2. The van der Waals surface area contributed by atoms with E-state index in [9.17, 15) is 23.5 Å². The van der Waals surface area contributed by atoms with Crippen LogP contribution in [0, 0.1) is 23.5 Å². The van der Waals surface area contributed by atoms with Crippen molar-refractivity contribution in [2.24, 2.45) is 11.8 Å². The summed E-state index contributed by atoms with van der Waals surface area (Å²) in [5.74, 6) is -0.927. The fraction of sp³-hybridized carbons (Fsp3) is 0.517. The molecule has 4 atom stereocenters. The van der Waals surface area contributed by atoms with Crippen LogP contribution < -0.4 is 15.4 Å². The fourth-order valence-corrected chi connectivity index (χ4v) is 4.94. The smallest absolute Gasteiger partial charge is 0.242 e. The van der Waals surface area contributed by atoms with E-state index in [4.69, 9.17) is 4.74 Å². The van der Waals surface area contributed by atoms with Gasteiger partial charge in [-0.15, -0.1) is 0 Å². The third-order valence-electron chi connectivity index (χ3n) is 6.94. The number of amides is 2. The zero-order valence-electron chi connectivity index (χ0n) is 22.5. The number of rotatable bonds is 13. The summed E-state index contributed by atoms with van der Waals surface area (Å²) in [4.78, 5) is 27.7. The second-order valence-corrected chi connectivity index (χ2v) is 10.5. The summed E-state index contributed by atoms with van der Waals surface area (Å²) in [6.07, 6.45) is 0.428. The third kappa shape index (κ3) is 8.23. The molecule has 0 unspecified atom stereocenters. The molecule has 0 radical (unpaired) electrons. The van der Waals surface area contributed by atoms with Gasteiger partial charge in [-0.05, 0) is 67.5 Å². The molecule has 1 saturated heterocycles. The first-order chi connectivity index (χ1) is 18.1. The van der Waals surface area contributed by atoms with Crippen molar-refractivity contribution in [3.8, 4) is 5.75 Å². The maximum atomic E-state index is 13.8. The van der Waals surface area contributed by atoms with Crippen molar-refractivity contribution in [2.45, 2.75) is 64.8 Å². The van der Waals surface area contributed by atoms with Crippen LogP contribution in [0.1, 0.15) is 44.7 Å². The number of aliphatic hydroxyl groups is 1. The van der Waals surface area contributed by atoms with Crippen molar-refractivity contribution in [1.82, 2.24) is 15.5 Å². The van der Waals surface area contributed by atoms with Gasteiger partial charge in [0.25, 0.3) is 0 Å². The Labute approximate surface area is 223 Å². The molecule has 0 saturated carbocycles. The summed E-state index contributed by atoms with van der Waals surface area (Å²) in [5.41, 5.74) is 1.25. The molecule has 0 aliphatic carbocycles. The van der Waals surface area contributed by atoms with Crippen molar-refractivity contribution in [2.75, 3.05) is 20.2 Å². The van der Waals surface area contributed by atoms with Crippen molar-refractivity contribution in [3.05, 3.63) is 65.2 Å². The lowest BCUT2D eigenvalue weighted by Crippen LogP contribution is -2.54. The minimum atomic E-state index is -1.06. The number of nitrogens with zero attached hydrogens (tertiary/aromatic N) is 1. The van der Waals surface area contributed by atoms with Crippen LogP contribution in [0.2, 0.25) is 0 Å². The van der Waals surface area contributed by atoms with E-state index in [1.807, 2.05) is 24.3 Å². The van der Waals surface area contributed by atoms with Gasteiger partial charge in [0.2, 0.25) is 11.8 Å². The molecule has 3 N–H and O–H groups in total. The monoisotopic (exact) mass is 531 g/mol. The van der Waals surface area contributed by atoms with E-state index < -0.39 is 35.7 Å². The molecule has 0 aromatic heterocycles. The van der Waals surface area contributed by atoms with Crippen LogP contribution in [-0.2, 0) is 22.6 Å². The molecule has 208 valence electrons. The lowest BCUT2D eigenvalue weighted by molar-refractivity contribution is -0.139. The third-order valence-corrected chi connectivity index (χ3v) is 6.94. The van der Waals surface area contributed by atoms with E-state index in [2.05, 4.69) is 24.5 Å². The number of likely N-dealkylation sites (tertiary alicyclic amines) is 1. The van der Waals surface area contributed by atoms with Crippen LogP contribution in [0.5, 0.6) is 5.75 Å². The van der Waals surface area contributed by atoms with E-state index in [1.165, 1.54) is 12.1 Å². The zero-order valence-corrected chi connectivity index (χ0v) is 22.5. The number of hydrogen-bond donors (Lipinski definition) is 3. The van der Waals surface area contributed by atoms with Crippen LogP contribution in [0.4, 0.5) is 8.78 Å². The van der Waals surface area contributed by atoms with Crippen LogP contribution in [0.25, 0.3) is 0 Å². The molecule has 2 aromatic rings. The second-order valence-electron chi connectivity index (χ2n) is 10.5. The Morgan fingerprint density at radius 3 is 2.50 bits per heavy atom. The molecule has 2 amide bonds. The minimum absolute atomic E-state index is 0.0130. The summed E-state index contributed by atoms with van der Waals surface area (Å²) in [5, 5.41) is 17.0. The molecule has 0 spiro atoms. The van der Waals surface area contributed by atoms with E-state index in [0.29, 0.717) is 36.7 Å². The SMILES string of the molecule is COc1cccc(CNC[C@@H](O)[C@H](Cc2cc(F)cc(F)c2)NC(=O)[C@H](C)N2CC[C@H](CC(C)C)C2=O)c1. The van der Waals surface area contributed by atoms with E-state index in [0.717, 1.165) is 18.1 Å². The molecule has 2 aromatic carbocycles. The Bertz CT molecular complexity index is 1080. The van der Waals surface area contributed by atoms with Crippen LogP contribution >= 0.6 is 0 Å². The van der Waals surface area contributed by atoms with Crippen molar-refractivity contribution >= 4 is 11.8 Å². The first-order valence-corrected chi connectivity index (χ1v) is 13.1. The Hall–Kier alpha value is -3.04. The molecule has 0 bridgehead atoms. The molecule has 9 heteroatoms. The van der Waals surface area contributed by atoms with Gasteiger partial charge < -0.3 is 25.4 Å². The predicted octanol–water partition coefficient (Wildman–Crippen LogP) is 3.43. The van der Waals surface area contributed by atoms with E-state index in [1.54, 1.807) is 18.9 Å². The van der Waals surface area contributed by atoms with Gasteiger partial charge >= 0.3 is 0 Å². The molecular formula is C29H39F2N3O4. The highest BCUT2D eigenvalue weighted by atomic mass is 19.1. The first kappa shape index (κ1) is 29.5. The molecule has 7 nitrogen and oxygen atoms in total. The maximum absolute atomic E-state index is 13.8. The average Bonchev–Trinajstić information content (AvgIpc) is 3.21. The quantitative estimate of drug-likeness (QED) is 0.369. The van der Waals surface area contributed by atoms with Gasteiger partial charge in [-0.3, -0.25) is 9.59 Å². The zero-order chi connectivity index (χ0) is 27.8. The second kappa shape index (κ2) is 13.7. The normalized spacial score (nSPS) is 17.9. The number of halogens is 2. The summed E-state index contributed by atoms with van der Waals surface area (Å²) >= 11 is 0. The fourth-order valence-electron chi connectivity index (χ4n) is 4.94. The number of benzene rings is 2. The summed E-state index contributed by atoms with van der Waals surface area (Å²) in [7, 11) is 1.58. The highest BCUT2D eigenvalue weighted by molar-refractivity contribution is 5.89. The van der Waals surface area contributed by atoms with E-state index >= 15 is 0 Å². The average molecular weight is 532 g/mol. The molecule has 1 fully saturated rings. The largest absolute Gasteiger partial charge is 0.497 e. The molecule has 1 aliphatic heterocycles. The first-order valence-electron chi connectivity index (χ1n) is 13.1. The Balaban J connectivity index is 1.68. The Morgan fingerprint density at radius 2 is 1.84 bits per heavy atom. The van der Waals surface area contributed by atoms with Gasteiger partial charge in [0.1, 0.15) is 23.4 Å². The molecule has 38 heavy (non-hydrogen) atoms. The van der Waals surface area contributed by atoms with Gasteiger partial charge in [0, 0.05) is 31.6 Å². The highest BCUT2D eigenvalue weighted by Crippen LogP contribution is 2.26. The maximum Gasteiger partial charge on any atom is 0.242 e. The molecular weight excluding hydrogens is 492 g/mol. The number of methoxy groups -OCH3 is 1. The molecule has 3 rings (SSSR count). The molecule has 1 heterocycles. The van der Waals surface area contributed by atoms with Crippen LogP contribution in [0.3, 0.4) is 0 Å². The topological polar surface area (TPSA) is 90.9 Å². The lowest BCUT2D eigenvalue weighted by Gasteiger charge is -2.29. The van der Waals surface area contributed by atoms with Crippen LogP contribution in [0.15, 0.2) is 42.5 Å². The van der Waals surface area contributed by atoms with Gasteiger partial charge in [0.15, 0.2) is 0 Å². The van der Waals surface area contributed by atoms with E-state index in [-0.39, 0.29) is 24.8 Å². The standard InChI is InChI=1S/C29H39F2N3O4/c1-18(2)10-22-8-9-34(29(22)37)19(3)28(36)33-26(14-21-11-23(30)15-24(31)12-21)27(35)17-32-16-20-6-5-7-25(13-20)38-4/h5-7,11-13,15,18-19,22,26-27,32,35H,8-10,14,16-17H2,1-4H3,(H,33,36)/t19-,22+,26-,27+/m0/s1. The van der Waals surface area contributed by atoms with Crippen molar-refractivity contribution in [1.29, 1.82) is 0 Å². The predicted molar refractivity (Wildman–Crippen MR) is 141 cm³/mol. The Kier molecular flexibility index (Phi) is 10.6. The number of nitrogens with one attached hydrogen (secondary N) is 2. The number of carbonyl (C=O) groups excluding carboxylic acids is 2. The van der Waals surface area contributed by atoms with Crippen molar-refractivity contribution in [3.63, 3.8) is 0 Å². The van der Waals surface area contributed by atoms with Gasteiger partial charge in [0.05, 0.1) is 19.3 Å². The number of ether oxygens (including phenoxy) is 1. The van der Waals surface area contributed by atoms with Crippen molar-refractivity contribution < 1.29 is 28.2 Å². The van der Waals surface area contributed by atoms with Crippen LogP contribution in [-0.4, -0.2) is 60.2 Å². The lowest BCUT2D eigenvalue weighted by atomic mass is 9.96. The van der Waals surface area contributed by atoms with Gasteiger partial charge in [-0.2, -0.15) is 0 Å². The summed E-state index contributed by atoms with van der Waals surface area (Å²) in [6, 6.07) is 9.05. The Morgan fingerprint density at radius 1 is 1.13 bits per heavy atom. The van der Waals surface area contributed by atoms with Gasteiger partial charge in [-0.25, -0.2) is 8.78 Å². The molecule has 1 aliphatic rings. The number of hydrogen-bond acceptors (Lipinski definition) is 5. The summed E-state index contributed by atoms with van der Waals surface area (Å²) < 4.78 is 32.9. The minimum Gasteiger partial charge on any atom is -0.497 e. The highest BCUT2D eigenvalue weighted by Gasteiger charge is 2.37. The summed E-state index contributed by atoms with van der Waals surface area (Å²) in [6.45, 7) is 6.85.